The van der Waals surface area contributed by atoms with Crippen molar-refractivity contribution >= 4 is 12.4 Å². The van der Waals surface area contributed by atoms with Gasteiger partial charge in [-0.15, -0.1) is 25.6 Å². The summed E-state index contributed by atoms with van der Waals surface area (Å²) in [6.07, 6.45) is -2.91. The van der Waals surface area contributed by atoms with Crippen LogP contribution in [0.5, 0.6) is 5.75 Å². The Morgan fingerprint density at radius 3 is 2.18 bits per heavy atom. The van der Waals surface area contributed by atoms with Crippen molar-refractivity contribution in [3.63, 3.8) is 0 Å². The van der Waals surface area contributed by atoms with E-state index in [9.17, 15) is 13.2 Å². The van der Waals surface area contributed by atoms with Gasteiger partial charge in [0.2, 0.25) is 0 Å². The molecule has 0 aliphatic rings. The fourth-order valence-electron chi connectivity index (χ4n) is 1.39. The molecule has 0 heterocycles. The van der Waals surface area contributed by atoms with Crippen LogP contribution in [0.25, 0.3) is 0 Å². The monoisotopic (exact) mass is 269 g/mol. The van der Waals surface area contributed by atoms with Crippen LogP contribution < -0.4 is 10.5 Å². The van der Waals surface area contributed by atoms with E-state index in [1.54, 1.807) is 12.1 Å². The molecule has 0 saturated carbocycles. The quantitative estimate of drug-likeness (QED) is 0.902. The Morgan fingerprint density at radius 1 is 1.24 bits per heavy atom. The van der Waals surface area contributed by atoms with E-state index in [4.69, 9.17) is 5.73 Å². The summed E-state index contributed by atoms with van der Waals surface area (Å²) in [7, 11) is 0. The molecule has 0 aliphatic carbocycles. The Morgan fingerprint density at radius 2 is 1.76 bits per heavy atom. The minimum absolute atomic E-state index is 0. The first-order chi connectivity index (χ1) is 7.42. The minimum Gasteiger partial charge on any atom is -0.406 e. The van der Waals surface area contributed by atoms with Crippen LogP contribution in [0.15, 0.2) is 24.3 Å². The standard InChI is InChI=1S/C11H14F3NO.ClH/c1-2-3-10(15)8-4-6-9(7-5-8)16-11(12,13)14;/h4-7,10H,2-3,15H2,1H3;1H/t10-;/m1./s1. The molecule has 2 nitrogen and oxygen atoms in total. The molecule has 17 heavy (non-hydrogen) atoms. The number of hydrogen-bond acceptors (Lipinski definition) is 2. The number of nitrogens with two attached hydrogens (primary N) is 1. The van der Waals surface area contributed by atoms with Gasteiger partial charge >= 0.3 is 6.36 Å². The van der Waals surface area contributed by atoms with Crippen LogP contribution in [-0.2, 0) is 0 Å². The summed E-state index contributed by atoms with van der Waals surface area (Å²) >= 11 is 0. The van der Waals surface area contributed by atoms with E-state index in [0.29, 0.717) is 0 Å². The van der Waals surface area contributed by atoms with Gasteiger partial charge in [-0.25, -0.2) is 0 Å². The van der Waals surface area contributed by atoms with Crippen LogP contribution in [-0.4, -0.2) is 6.36 Å². The van der Waals surface area contributed by atoms with E-state index in [-0.39, 0.29) is 24.2 Å². The molecule has 0 bridgehead atoms. The first-order valence-electron chi connectivity index (χ1n) is 5.03. The Labute approximate surface area is 104 Å². The molecule has 2 N–H and O–H groups in total. The molecule has 0 unspecified atom stereocenters. The molecule has 1 aromatic carbocycles. The fraction of sp³-hybridized carbons (Fsp3) is 0.455. The Balaban J connectivity index is 0.00000256. The topological polar surface area (TPSA) is 35.2 Å². The molecule has 1 rings (SSSR count). The lowest BCUT2D eigenvalue weighted by Crippen LogP contribution is -2.17. The zero-order valence-electron chi connectivity index (χ0n) is 9.33. The highest BCUT2D eigenvalue weighted by molar-refractivity contribution is 5.85. The molecule has 0 saturated heterocycles. The predicted molar refractivity (Wildman–Crippen MR) is 62.2 cm³/mol. The van der Waals surface area contributed by atoms with Gasteiger partial charge < -0.3 is 10.5 Å². The third-order valence-electron chi connectivity index (χ3n) is 2.14. The van der Waals surface area contributed by atoms with Crippen LogP contribution in [0.3, 0.4) is 0 Å². The lowest BCUT2D eigenvalue weighted by Gasteiger charge is -2.12. The number of halogens is 4. The predicted octanol–water partition coefficient (Wildman–Crippen LogP) is 3.81. The third-order valence-corrected chi connectivity index (χ3v) is 2.14. The van der Waals surface area contributed by atoms with Gasteiger partial charge in [-0.05, 0) is 24.1 Å². The average molecular weight is 270 g/mol. The smallest absolute Gasteiger partial charge is 0.406 e. The van der Waals surface area contributed by atoms with Gasteiger partial charge in [0, 0.05) is 6.04 Å². The number of benzene rings is 1. The summed E-state index contributed by atoms with van der Waals surface area (Å²) in [4.78, 5) is 0. The molecule has 0 spiro atoms. The second kappa shape index (κ2) is 6.71. The van der Waals surface area contributed by atoms with E-state index in [0.717, 1.165) is 18.4 Å². The Kier molecular flexibility index (Phi) is 6.34. The summed E-state index contributed by atoms with van der Waals surface area (Å²) in [6, 6.07) is 5.53. The maximum Gasteiger partial charge on any atom is 0.573 e. The molecular weight excluding hydrogens is 255 g/mol. The molecule has 1 aromatic rings. The van der Waals surface area contributed by atoms with Crippen molar-refractivity contribution in [2.24, 2.45) is 5.73 Å². The van der Waals surface area contributed by atoms with Crippen molar-refractivity contribution in [2.45, 2.75) is 32.2 Å². The van der Waals surface area contributed by atoms with Crippen molar-refractivity contribution < 1.29 is 17.9 Å². The van der Waals surface area contributed by atoms with Crippen LogP contribution in [0.4, 0.5) is 13.2 Å². The molecule has 0 aromatic heterocycles. The zero-order chi connectivity index (χ0) is 12.2. The summed E-state index contributed by atoms with van der Waals surface area (Å²) in [5.74, 6) is -0.222. The normalized spacial score (nSPS) is 12.8. The first kappa shape index (κ1) is 16.1. The molecule has 0 radical (unpaired) electrons. The Hall–Kier alpha value is -0.940. The van der Waals surface area contributed by atoms with Crippen LogP contribution in [0, 0.1) is 0 Å². The largest absolute Gasteiger partial charge is 0.573 e. The number of ether oxygens (including phenoxy) is 1. The lowest BCUT2D eigenvalue weighted by molar-refractivity contribution is -0.274. The minimum atomic E-state index is -4.65. The molecule has 6 heteroatoms. The highest BCUT2D eigenvalue weighted by Crippen LogP contribution is 2.24. The van der Waals surface area contributed by atoms with Gasteiger partial charge in [-0.1, -0.05) is 25.5 Å². The van der Waals surface area contributed by atoms with Crippen molar-refractivity contribution in [2.75, 3.05) is 0 Å². The summed E-state index contributed by atoms with van der Waals surface area (Å²) < 4.78 is 39.4. The number of rotatable bonds is 4. The van der Waals surface area contributed by atoms with Crippen molar-refractivity contribution in [1.82, 2.24) is 0 Å². The molecule has 98 valence electrons. The molecule has 0 amide bonds. The number of hydrogen-bond donors (Lipinski definition) is 1. The first-order valence-corrected chi connectivity index (χ1v) is 5.03. The van der Waals surface area contributed by atoms with Crippen LogP contribution in [0.2, 0.25) is 0 Å². The van der Waals surface area contributed by atoms with Crippen molar-refractivity contribution in [3.8, 4) is 5.75 Å². The van der Waals surface area contributed by atoms with E-state index in [2.05, 4.69) is 4.74 Å². The maximum absolute atomic E-state index is 11.9. The highest BCUT2D eigenvalue weighted by Gasteiger charge is 2.30. The van der Waals surface area contributed by atoms with Crippen LogP contribution in [0.1, 0.15) is 31.4 Å². The SMILES string of the molecule is CCC[C@@H](N)c1ccc(OC(F)(F)F)cc1.Cl. The second-order valence-corrected chi connectivity index (χ2v) is 3.51. The van der Waals surface area contributed by atoms with Gasteiger partial charge in [0.25, 0.3) is 0 Å². The average Bonchev–Trinajstić information content (AvgIpc) is 2.16. The van der Waals surface area contributed by atoms with Gasteiger partial charge in [-0.2, -0.15) is 0 Å². The summed E-state index contributed by atoms with van der Waals surface area (Å²) in [5.41, 5.74) is 6.64. The lowest BCUT2D eigenvalue weighted by atomic mass is 10.0. The summed E-state index contributed by atoms with van der Waals surface area (Å²) in [5, 5.41) is 0. The van der Waals surface area contributed by atoms with E-state index >= 15 is 0 Å². The van der Waals surface area contributed by atoms with Crippen LogP contribution >= 0.6 is 12.4 Å². The fourth-order valence-corrected chi connectivity index (χ4v) is 1.39. The van der Waals surface area contributed by atoms with E-state index in [1.165, 1.54) is 12.1 Å². The molecule has 1 atom stereocenters. The van der Waals surface area contributed by atoms with Gasteiger partial charge in [-0.3, -0.25) is 0 Å². The Bertz CT molecular complexity index is 326. The number of alkyl halides is 3. The molecular formula is C11H15ClF3NO. The zero-order valence-corrected chi connectivity index (χ0v) is 10.1. The third kappa shape index (κ3) is 5.79. The van der Waals surface area contributed by atoms with Gasteiger partial charge in [0.15, 0.2) is 0 Å². The van der Waals surface area contributed by atoms with Crippen molar-refractivity contribution in [3.05, 3.63) is 29.8 Å². The molecule has 0 aliphatic heterocycles. The van der Waals surface area contributed by atoms with Gasteiger partial charge in [0.1, 0.15) is 5.75 Å². The van der Waals surface area contributed by atoms with Gasteiger partial charge in [0.05, 0.1) is 0 Å². The molecule has 0 fully saturated rings. The highest BCUT2D eigenvalue weighted by atomic mass is 35.5. The maximum atomic E-state index is 11.9. The van der Waals surface area contributed by atoms with E-state index in [1.807, 2.05) is 6.92 Å². The van der Waals surface area contributed by atoms with Crippen molar-refractivity contribution in [1.29, 1.82) is 0 Å². The summed E-state index contributed by atoms with van der Waals surface area (Å²) in [6.45, 7) is 2.00. The second-order valence-electron chi connectivity index (χ2n) is 3.51. The van der Waals surface area contributed by atoms with E-state index < -0.39 is 6.36 Å².